The van der Waals surface area contributed by atoms with E-state index in [2.05, 4.69) is 6.07 Å². The van der Waals surface area contributed by atoms with E-state index in [0.29, 0.717) is 6.42 Å². The second kappa shape index (κ2) is 11.0. The van der Waals surface area contributed by atoms with Crippen LogP contribution in [0.4, 0.5) is 0 Å². The first kappa shape index (κ1) is 20.4. The van der Waals surface area contributed by atoms with Gasteiger partial charge in [0.25, 0.3) is 0 Å². The molecule has 2 aromatic carbocycles. The molecule has 19 heavy (non-hydrogen) atoms. The van der Waals surface area contributed by atoms with Gasteiger partial charge in [0.2, 0.25) is 0 Å². The third kappa shape index (κ3) is 6.70. The van der Waals surface area contributed by atoms with Crippen molar-refractivity contribution in [1.82, 2.24) is 0 Å². The molecule has 0 saturated heterocycles. The predicted molar refractivity (Wildman–Crippen MR) is 71.6 cm³/mol. The summed E-state index contributed by atoms with van der Waals surface area (Å²) >= 11 is 0. The SMILES string of the molecule is O.O.O=C(CCc1ccccc1)c1cc[c-]cc1.[U]. The van der Waals surface area contributed by atoms with Crippen LogP contribution in [0.15, 0.2) is 54.6 Å². The molecule has 0 spiro atoms. The summed E-state index contributed by atoms with van der Waals surface area (Å²) < 4.78 is 0. The van der Waals surface area contributed by atoms with Gasteiger partial charge in [-0.3, -0.25) is 4.79 Å². The first-order valence-corrected chi connectivity index (χ1v) is 5.39. The monoisotopic (exact) mass is 483 g/mol. The van der Waals surface area contributed by atoms with E-state index in [1.807, 2.05) is 42.5 Å². The number of Topliss-reactive ketones (excluding diaryl/α,β-unsaturated/α-hetero) is 1. The van der Waals surface area contributed by atoms with Crippen molar-refractivity contribution in [3.63, 3.8) is 0 Å². The molecule has 0 aromatic heterocycles. The minimum absolute atomic E-state index is 0. The Bertz CT molecular complexity index is 457. The van der Waals surface area contributed by atoms with Crippen molar-refractivity contribution in [1.29, 1.82) is 0 Å². The molecule has 0 aliphatic rings. The number of aryl methyl sites for hydroxylation is 1. The number of carbonyl (C=O) groups is 1. The van der Waals surface area contributed by atoms with Crippen LogP contribution in [0.1, 0.15) is 22.3 Å². The number of carbonyl (C=O) groups excluding carboxylic acids is 1. The van der Waals surface area contributed by atoms with Gasteiger partial charge in [0.1, 0.15) is 5.78 Å². The summed E-state index contributed by atoms with van der Waals surface area (Å²) in [6.45, 7) is 0. The topological polar surface area (TPSA) is 80.1 Å². The van der Waals surface area contributed by atoms with Gasteiger partial charge in [-0.05, 0) is 12.0 Å². The second-order valence-electron chi connectivity index (χ2n) is 3.70. The zero-order chi connectivity index (χ0) is 11.2. The molecular weight excluding hydrogens is 466 g/mol. The third-order valence-corrected chi connectivity index (χ3v) is 2.52. The van der Waals surface area contributed by atoms with Crippen LogP contribution >= 0.6 is 0 Å². The van der Waals surface area contributed by atoms with E-state index in [-0.39, 0.29) is 47.8 Å². The van der Waals surface area contributed by atoms with Crippen molar-refractivity contribution >= 4 is 5.78 Å². The van der Waals surface area contributed by atoms with Crippen molar-refractivity contribution in [2.75, 3.05) is 0 Å². The molecule has 0 heterocycles. The first-order chi connectivity index (χ1) is 7.86. The molecule has 0 aliphatic heterocycles. The van der Waals surface area contributed by atoms with Crippen LogP contribution in [0.2, 0.25) is 0 Å². The summed E-state index contributed by atoms with van der Waals surface area (Å²) in [5, 5.41) is 0. The van der Waals surface area contributed by atoms with E-state index in [4.69, 9.17) is 0 Å². The molecular formula is C15H17O3U-. The Labute approximate surface area is 137 Å². The van der Waals surface area contributed by atoms with Gasteiger partial charge in [-0.15, -0.1) is 0 Å². The van der Waals surface area contributed by atoms with Crippen molar-refractivity contribution in [2.24, 2.45) is 0 Å². The van der Waals surface area contributed by atoms with E-state index >= 15 is 0 Å². The molecule has 0 radical (unpaired) electrons. The van der Waals surface area contributed by atoms with E-state index in [9.17, 15) is 4.79 Å². The molecule has 3 nitrogen and oxygen atoms in total. The minimum atomic E-state index is 0. The van der Waals surface area contributed by atoms with Crippen molar-refractivity contribution < 1.29 is 46.9 Å². The second-order valence-corrected chi connectivity index (χ2v) is 3.70. The maximum absolute atomic E-state index is 11.8. The van der Waals surface area contributed by atoms with Gasteiger partial charge < -0.3 is 11.0 Å². The zero-order valence-corrected chi connectivity index (χ0v) is 14.7. The van der Waals surface area contributed by atoms with Gasteiger partial charge in [0.15, 0.2) is 0 Å². The van der Waals surface area contributed by atoms with Crippen LogP contribution in [-0.2, 0) is 6.42 Å². The van der Waals surface area contributed by atoms with E-state index < -0.39 is 0 Å². The fourth-order valence-corrected chi connectivity index (χ4v) is 1.62. The molecule has 0 amide bonds. The fourth-order valence-electron chi connectivity index (χ4n) is 1.62. The maximum atomic E-state index is 11.8. The van der Waals surface area contributed by atoms with Gasteiger partial charge in [0, 0.05) is 37.5 Å². The Morgan fingerprint density at radius 3 is 2.11 bits per heavy atom. The van der Waals surface area contributed by atoms with Gasteiger partial charge in [-0.1, -0.05) is 35.9 Å². The summed E-state index contributed by atoms with van der Waals surface area (Å²) in [6, 6.07) is 20.2. The summed E-state index contributed by atoms with van der Waals surface area (Å²) in [7, 11) is 0. The molecule has 100 valence electrons. The predicted octanol–water partition coefficient (Wildman–Crippen LogP) is 1.65. The average Bonchev–Trinajstić information content (AvgIpc) is 2.38. The van der Waals surface area contributed by atoms with Crippen LogP contribution in [0.25, 0.3) is 0 Å². The molecule has 0 saturated carbocycles. The Hall–Kier alpha value is -0.918. The minimum Gasteiger partial charge on any atom is -0.412 e. The van der Waals surface area contributed by atoms with Crippen molar-refractivity contribution in [3.8, 4) is 0 Å². The normalized spacial score (nSPS) is 8.42. The number of rotatable bonds is 4. The fraction of sp³-hybridized carbons (Fsp3) is 0.133. The number of ketones is 1. The Morgan fingerprint density at radius 1 is 0.947 bits per heavy atom. The third-order valence-electron chi connectivity index (χ3n) is 2.52. The molecule has 0 bridgehead atoms. The smallest absolute Gasteiger partial charge is 0.139 e. The van der Waals surface area contributed by atoms with Crippen LogP contribution < -0.4 is 0 Å². The van der Waals surface area contributed by atoms with Crippen LogP contribution in [-0.4, -0.2) is 16.7 Å². The molecule has 4 heteroatoms. The van der Waals surface area contributed by atoms with E-state index in [0.717, 1.165) is 12.0 Å². The van der Waals surface area contributed by atoms with Crippen LogP contribution in [0.5, 0.6) is 0 Å². The van der Waals surface area contributed by atoms with Crippen LogP contribution in [0.3, 0.4) is 0 Å². The molecule has 4 N–H and O–H groups in total. The summed E-state index contributed by atoms with van der Waals surface area (Å²) in [5.74, 6) is 0.192. The summed E-state index contributed by atoms with van der Waals surface area (Å²) in [5.41, 5.74) is 1.98. The van der Waals surface area contributed by atoms with Gasteiger partial charge in [0.05, 0.1) is 0 Å². The first-order valence-electron chi connectivity index (χ1n) is 5.39. The number of benzene rings is 2. The van der Waals surface area contributed by atoms with Crippen LogP contribution in [0, 0.1) is 37.2 Å². The zero-order valence-electron chi connectivity index (χ0n) is 10.5. The van der Waals surface area contributed by atoms with Gasteiger partial charge in [-0.2, -0.15) is 30.3 Å². The average molecular weight is 483 g/mol. The number of hydrogen-bond donors (Lipinski definition) is 0. The van der Waals surface area contributed by atoms with Gasteiger partial charge >= 0.3 is 0 Å². The molecule has 2 rings (SSSR count). The molecule has 0 fully saturated rings. The standard InChI is InChI=1S/C15H13O.2H2O.U/c16-15(14-9-5-2-6-10-14)12-11-13-7-3-1-4-8-13;;;/h1,3-10H,11-12H2;2*1H2;/q-1;;;. The summed E-state index contributed by atoms with van der Waals surface area (Å²) in [6.07, 6.45) is 1.37. The molecule has 0 aliphatic carbocycles. The van der Waals surface area contributed by atoms with Crippen molar-refractivity contribution in [2.45, 2.75) is 12.8 Å². The quantitative estimate of drug-likeness (QED) is 0.481. The molecule has 0 atom stereocenters. The van der Waals surface area contributed by atoms with E-state index in [1.54, 1.807) is 12.1 Å². The Morgan fingerprint density at radius 2 is 1.53 bits per heavy atom. The molecule has 0 unspecified atom stereocenters. The van der Waals surface area contributed by atoms with Gasteiger partial charge in [-0.25, -0.2) is 0 Å². The molecule has 2 aromatic rings. The van der Waals surface area contributed by atoms with Crippen molar-refractivity contribution in [3.05, 3.63) is 71.8 Å². The van der Waals surface area contributed by atoms with E-state index in [1.165, 1.54) is 5.56 Å². The number of hydrogen-bond acceptors (Lipinski definition) is 1. The maximum Gasteiger partial charge on any atom is 0.139 e. The largest absolute Gasteiger partial charge is 0.412 e. The Balaban J connectivity index is 0. The Kier molecular flexibility index (Phi) is 11.8. The summed E-state index contributed by atoms with van der Waals surface area (Å²) in [4.78, 5) is 11.8.